The van der Waals surface area contributed by atoms with E-state index in [2.05, 4.69) is 13.4 Å². The molecule has 2 fully saturated rings. The number of ether oxygens (including phenoxy) is 2. The third-order valence-electron chi connectivity index (χ3n) is 6.47. The molecule has 4 rings (SSSR count). The average Bonchev–Trinajstić information content (AvgIpc) is 3.40. The Hall–Kier alpha value is -2.74. The molecule has 2 unspecified atom stereocenters. The lowest BCUT2D eigenvalue weighted by atomic mass is 10.1. The summed E-state index contributed by atoms with van der Waals surface area (Å²) in [7, 11) is -11.4. The number of carbonyl (C=O) groups excluding carboxylic acids is 2. The Morgan fingerprint density at radius 3 is 1.49 bits per heavy atom. The molecule has 0 radical (unpaired) electrons. The molecule has 2 amide bonds. The number of nitrogens with zero attached hydrogens (tertiary/aromatic N) is 2. The summed E-state index contributed by atoms with van der Waals surface area (Å²) in [4.78, 5) is 47.3. The molecule has 10 atom stereocenters. The highest BCUT2D eigenvalue weighted by molar-refractivity contribution is 7.59. The second-order valence-electron chi connectivity index (χ2n) is 9.47. The van der Waals surface area contributed by atoms with Gasteiger partial charge in [-0.1, -0.05) is 0 Å². The fourth-order valence-electron chi connectivity index (χ4n) is 4.32. The molecule has 2 saturated heterocycles. The zero-order chi connectivity index (χ0) is 31.7. The van der Waals surface area contributed by atoms with E-state index in [0.29, 0.717) is 0 Å². The van der Waals surface area contributed by atoms with E-state index in [1.807, 2.05) is 0 Å². The van der Waals surface area contributed by atoms with E-state index in [4.69, 9.17) is 20.9 Å². The molecule has 19 nitrogen and oxygen atoms in total. The normalized spacial score (nSPS) is 31.8. The van der Waals surface area contributed by atoms with Crippen molar-refractivity contribution in [2.45, 2.75) is 49.1 Å². The topological polar surface area (TPSA) is 301 Å². The number of hydrogen-bond donors (Lipinski definition) is 6. The second-order valence-corrected chi connectivity index (χ2v) is 12.4. The minimum absolute atomic E-state index is 0.0488. The van der Waals surface area contributed by atoms with Crippen LogP contribution in [-0.2, 0) is 32.0 Å². The highest BCUT2D eigenvalue weighted by Gasteiger charge is 2.50. The number of aliphatic hydroxyl groups excluding tert-OH is 4. The molecule has 21 heteroatoms. The van der Waals surface area contributed by atoms with Crippen molar-refractivity contribution in [1.82, 2.24) is 0 Å². The Labute approximate surface area is 242 Å². The van der Waals surface area contributed by atoms with Gasteiger partial charge in [0.05, 0.1) is 13.2 Å². The number of carbonyl (C=O) groups is 2. The van der Waals surface area contributed by atoms with Crippen LogP contribution in [0.1, 0.15) is 33.2 Å². The first-order valence-electron chi connectivity index (χ1n) is 12.4. The third kappa shape index (κ3) is 7.86. The fourth-order valence-corrected chi connectivity index (χ4v) is 6.33. The third-order valence-corrected chi connectivity index (χ3v) is 9.00. The second kappa shape index (κ2) is 13.1. The van der Waals surface area contributed by atoms with Crippen LogP contribution in [0.3, 0.4) is 0 Å². The van der Waals surface area contributed by atoms with Gasteiger partial charge in [0.2, 0.25) is 0 Å². The highest BCUT2D eigenvalue weighted by atomic mass is 31.3. The molecule has 236 valence electrons. The monoisotopic (exact) mass is 650 g/mol. The predicted octanol–water partition coefficient (Wildman–Crippen LogP) is -4.62. The summed E-state index contributed by atoms with van der Waals surface area (Å²) in [5.74, 6) is -1.57. The van der Waals surface area contributed by atoms with Gasteiger partial charge in [-0.3, -0.25) is 18.7 Å². The molecule has 4 heterocycles. The molecule has 0 aromatic carbocycles. The largest absolute Gasteiger partial charge is 0.756 e. The lowest BCUT2D eigenvalue weighted by molar-refractivity contribution is -0.766. The van der Waals surface area contributed by atoms with E-state index in [9.17, 15) is 48.9 Å². The lowest BCUT2D eigenvalue weighted by Gasteiger charge is -2.31. The first-order chi connectivity index (χ1) is 20.1. The maximum atomic E-state index is 12.2. The van der Waals surface area contributed by atoms with Gasteiger partial charge in [0.25, 0.3) is 39.9 Å². The molecular formula is C22H28N4O15P2. The number of aromatic nitrogens is 2. The summed E-state index contributed by atoms with van der Waals surface area (Å²) in [6.07, 6.45) is -7.00. The zero-order valence-corrected chi connectivity index (χ0v) is 23.7. The number of primary amides is 2. The summed E-state index contributed by atoms with van der Waals surface area (Å²) in [5.41, 5.74) is 10.5. The molecule has 2 aliphatic rings. The number of phosphoric acid groups is 2. The Kier molecular flexibility index (Phi) is 10.1. The molecule has 0 saturated carbocycles. The van der Waals surface area contributed by atoms with Crippen molar-refractivity contribution in [2.75, 3.05) is 13.2 Å². The van der Waals surface area contributed by atoms with Crippen LogP contribution in [0.2, 0.25) is 0 Å². The first-order valence-corrected chi connectivity index (χ1v) is 15.3. The smallest absolute Gasteiger partial charge is 0.292 e. The number of pyridine rings is 2. The van der Waals surface area contributed by atoms with Gasteiger partial charge in [-0.25, -0.2) is 4.31 Å². The standard InChI is InChI=1S/C22H28N4O15P2/c23-19(31)11-3-1-5-25(7-11)21-17(29)15(27)13(39-21)9-37-42(33,34)41-43(35,36)38-10-14-16(28)18(30)22(40-14)26-6-2-4-12(8-26)20(24)32/h1-8,13-18,21-22,27-30H,9-10H2,(H4-2,23,24,31,32,33,34,35,36)/t13-,14-,15-,16-,17-,18-,21-,22+/m1/s1. The van der Waals surface area contributed by atoms with Crippen molar-refractivity contribution in [3.8, 4) is 0 Å². The molecule has 0 aliphatic carbocycles. The Morgan fingerprint density at radius 2 is 1.14 bits per heavy atom. The molecule has 2 aromatic rings. The predicted molar refractivity (Wildman–Crippen MR) is 130 cm³/mol. The molecular weight excluding hydrogens is 622 g/mol. The van der Waals surface area contributed by atoms with Gasteiger partial charge in [0, 0.05) is 12.1 Å². The van der Waals surface area contributed by atoms with Crippen molar-refractivity contribution in [2.24, 2.45) is 11.5 Å². The van der Waals surface area contributed by atoms with Crippen LogP contribution in [0.5, 0.6) is 0 Å². The van der Waals surface area contributed by atoms with Crippen LogP contribution >= 0.6 is 15.6 Å². The quantitative estimate of drug-likeness (QED) is 0.0930. The lowest BCUT2D eigenvalue weighted by Crippen LogP contribution is -2.46. The molecule has 2 aromatic heterocycles. The van der Waals surface area contributed by atoms with Gasteiger partial charge in [-0.15, -0.1) is 0 Å². The fraction of sp³-hybridized carbons (Fsp3) is 0.455. The minimum Gasteiger partial charge on any atom is -0.756 e. The number of phosphoric ester groups is 2. The van der Waals surface area contributed by atoms with E-state index in [-0.39, 0.29) is 11.1 Å². The van der Waals surface area contributed by atoms with E-state index >= 15 is 0 Å². The van der Waals surface area contributed by atoms with Crippen LogP contribution in [0, 0.1) is 0 Å². The minimum atomic E-state index is -5.68. The van der Waals surface area contributed by atoms with Gasteiger partial charge in [0.1, 0.15) is 35.5 Å². The zero-order valence-electron chi connectivity index (χ0n) is 21.9. The van der Waals surface area contributed by atoms with Crippen molar-refractivity contribution in [3.05, 3.63) is 60.2 Å². The SMILES string of the molecule is NC(=O)c1ccc[n+]([C@@H]2O[C@H](COP(=O)([O-])OP(=O)([O-])OC[C@H]3O[C@H]([n+]4cccc(C(N)=O)c4)[C@H](O)[C@@H]3O)[C@@H](O)[C@H]2O)c1. The van der Waals surface area contributed by atoms with Crippen LogP contribution in [0.15, 0.2) is 49.1 Å². The maximum Gasteiger partial charge on any atom is 0.292 e. The van der Waals surface area contributed by atoms with E-state index in [1.54, 1.807) is 0 Å². The summed E-state index contributed by atoms with van der Waals surface area (Å²) in [5, 5.41) is 41.2. The van der Waals surface area contributed by atoms with Crippen LogP contribution in [0.4, 0.5) is 0 Å². The van der Waals surface area contributed by atoms with Gasteiger partial charge >= 0.3 is 0 Å². The van der Waals surface area contributed by atoms with E-state index < -0.39 is 89.8 Å². The number of rotatable bonds is 12. The summed E-state index contributed by atoms with van der Waals surface area (Å²) < 4.78 is 50.7. The molecule has 8 N–H and O–H groups in total. The van der Waals surface area contributed by atoms with Gasteiger partial charge in [-0.05, 0) is 12.1 Å². The van der Waals surface area contributed by atoms with E-state index in [1.165, 1.54) is 58.2 Å². The number of amides is 2. The summed E-state index contributed by atoms with van der Waals surface area (Å²) in [6.45, 7) is -1.99. The molecule has 43 heavy (non-hydrogen) atoms. The summed E-state index contributed by atoms with van der Waals surface area (Å²) >= 11 is 0. The van der Waals surface area contributed by atoms with Gasteiger partial charge in [-0.2, -0.15) is 9.13 Å². The Bertz CT molecular complexity index is 1340. The van der Waals surface area contributed by atoms with Crippen molar-refractivity contribution in [3.63, 3.8) is 0 Å². The molecule has 0 bridgehead atoms. The summed E-state index contributed by atoms with van der Waals surface area (Å²) in [6, 6.07) is 5.59. The van der Waals surface area contributed by atoms with Crippen molar-refractivity contribution >= 4 is 27.5 Å². The van der Waals surface area contributed by atoms with Crippen molar-refractivity contribution < 1.29 is 80.9 Å². The van der Waals surface area contributed by atoms with Crippen LogP contribution in [0.25, 0.3) is 0 Å². The highest BCUT2D eigenvalue weighted by Crippen LogP contribution is 2.56. The molecule has 2 aliphatic heterocycles. The number of aliphatic hydroxyl groups is 4. The van der Waals surface area contributed by atoms with Gasteiger partial charge in [0.15, 0.2) is 37.0 Å². The van der Waals surface area contributed by atoms with Crippen LogP contribution in [-0.4, -0.2) is 82.1 Å². The maximum absolute atomic E-state index is 12.2. The van der Waals surface area contributed by atoms with Crippen LogP contribution < -0.4 is 30.4 Å². The Balaban J connectivity index is 1.31. The average molecular weight is 650 g/mol. The molecule has 0 spiro atoms. The van der Waals surface area contributed by atoms with E-state index in [0.717, 1.165) is 0 Å². The Morgan fingerprint density at radius 1 is 0.767 bits per heavy atom. The van der Waals surface area contributed by atoms with Crippen molar-refractivity contribution in [1.29, 1.82) is 0 Å². The first kappa shape index (κ1) is 33.2. The number of nitrogens with two attached hydrogens (primary N) is 2. The number of hydrogen-bond acceptors (Lipinski definition) is 15. The van der Waals surface area contributed by atoms with Gasteiger partial charge < -0.3 is 60.2 Å².